The van der Waals surface area contributed by atoms with Gasteiger partial charge in [0.05, 0.1) is 13.1 Å². The molecule has 2 rings (SSSR count). The van der Waals surface area contributed by atoms with Gasteiger partial charge in [-0.15, -0.1) is 0 Å². The van der Waals surface area contributed by atoms with Crippen molar-refractivity contribution in [2.24, 2.45) is 0 Å². The molecule has 0 aliphatic heterocycles. The van der Waals surface area contributed by atoms with Gasteiger partial charge in [0.1, 0.15) is 0 Å². The summed E-state index contributed by atoms with van der Waals surface area (Å²) in [5.74, 6) is -0.531. The van der Waals surface area contributed by atoms with E-state index in [4.69, 9.17) is 0 Å². The quantitative estimate of drug-likeness (QED) is 0.655. The predicted octanol–water partition coefficient (Wildman–Crippen LogP) is 2.85. The number of amides is 3. The van der Waals surface area contributed by atoms with Gasteiger partial charge < -0.3 is 16.0 Å². The summed E-state index contributed by atoms with van der Waals surface area (Å²) in [6.45, 7) is 6.08. The Morgan fingerprint density at radius 1 is 0.821 bits per heavy atom. The standard InChI is InChI=1S/C21H26N4O3/c1-4-25(14-21(28)24-19-7-5-6-15(2)12-19)13-20(27)23-18-10-8-17(9-11-18)22-16(3)26/h5-12H,4,13-14H2,1-3H3,(H,22,26)(H,23,27)(H,24,28). The average molecular weight is 382 g/mol. The maximum atomic E-state index is 12.3. The van der Waals surface area contributed by atoms with Crippen LogP contribution in [-0.2, 0) is 14.4 Å². The van der Waals surface area contributed by atoms with Crippen LogP contribution >= 0.6 is 0 Å². The van der Waals surface area contributed by atoms with E-state index in [-0.39, 0.29) is 30.8 Å². The first-order chi connectivity index (χ1) is 13.4. The van der Waals surface area contributed by atoms with Gasteiger partial charge in [0.15, 0.2) is 0 Å². The highest BCUT2D eigenvalue weighted by Gasteiger charge is 2.13. The van der Waals surface area contributed by atoms with Crippen LogP contribution in [0.4, 0.5) is 17.1 Å². The first-order valence-corrected chi connectivity index (χ1v) is 9.12. The summed E-state index contributed by atoms with van der Waals surface area (Å²) in [5.41, 5.74) is 3.09. The molecule has 0 radical (unpaired) electrons. The van der Waals surface area contributed by atoms with Gasteiger partial charge in [0, 0.05) is 24.0 Å². The third-order valence-electron chi connectivity index (χ3n) is 3.97. The number of nitrogens with zero attached hydrogens (tertiary/aromatic N) is 1. The highest BCUT2D eigenvalue weighted by atomic mass is 16.2. The SMILES string of the molecule is CCN(CC(=O)Nc1ccc(NC(C)=O)cc1)CC(=O)Nc1cccc(C)c1. The Morgan fingerprint density at radius 2 is 1.36 bits per heavy atom. The number of aryl methyl sites for hydroxylation is 1. The fraction of sp³-hybridized carbons (Fsp3) is 0.286. The molecule has 2 aromatic rings. The summed E-state index contributed by atoms with van der Waals surface area (Å²) in [5, 5.41) is 8.31. The van der Waals surface area contributed by atoms with E-state index < -0.39 is 0 Å². The third kappa shape index (κ3) is 7.20. The number of rotatable bonds is 8. The first-order valence-electron chi connectivity index (χ1n) is 9.12. The molecule has 0 fully saturated rings. The molecule has 0 atom stereocenters. The van der Waals surface area contributed by atoms with Gasteiger partial charge in [0.2, 0.25) is 17.7 Å². The number of anilines is 3. The Morgan fingerprint density at radius 3 is 1.86 bits per heavy atom. The van der Waals surface area contributed by atoms with Gasteiger partial charge in [-0.3, -0.25) is 19.3 Å². The van der Waals surface area contributed by atoms with Crippen LogP contribution in [0.2, 0.25) is 0 Å². The van der Waals surface area contributed by atoms with E-state index in [0.29, 0.717) is 17.9 Å². The number of nitrogens with one attached hydrogen (secondary N) is 3. The van der Waals surface area contributed by atoms with Crippen molar-refractivity contribution in [2.45, 2.75) is 20.8 Å². The van der Waals surface area contributed by atoms with Crippen molar-refractivity contribution in [3.05, 3.63) is 54.1 Å². The Balaban J connectivity index is 1.84. The van der Waals surface area contributed by atoms with Crippen molar-refractivity contribution >= 4 is 34.8 Å². The lowest BCUT2D eigenvalue weighted by Crippen LogP contribution is -2.38. The van der Waals surface area contributed by atoms with Crippen LogP contribution in [0.3, 0.4) is 0 Å². The number of hydrogen-bond donors (Lipinski definition) is 3. The van der Waals surface area contributed by atoms with Crippen LogP contribution in [0.25, 0.3) is 0 Å². The molecule has 28 heavy (non-hydrogen) atoms. The van der Waals surface area contributed by atoms with Crippen molar-refractivity contribution in [1.29, 1.82) is 0 Å². The molecule has 0 bridgehead atoms. The highest BCUT2D eigenvalue weighted by molar-refractivity contribution is 5.95. The fourth-order valence-electron chi connectivity index (χ4n) is 2.65. The van der Waals surface area contributed by atoms with Crippen molar-refractivity contribution in [3.63, 3.8) is 0 Å². The van der Waals surface area contributed by atoms with E-state index in [0.717, 1.165) is 11.3 Å². The third-order valence-corrected chi connectivity index (χ3v) is 3.97. The monoisotopic (exact) mass is 382 g/mol. The van der Waals surface area contributed by atoms with Gasteiger partial charge in [-0.25, -0.2) is 0 Å². The van der Waals surface area contributed by atoms with E-state index in [2.05, 4.69) is 16.0 Å². The van der Waals surface area contributed by atoms with E-state index in [1.54, 1.807) is 29.2 Å². The summed E-state index contributed by atoms with van der Waals surface area (Å²) in [7, 11) is 0. The lowest BCUT2D eigenvalue weighted by atomic mass is 10.2. The Kier molecular flexibility index (Phi) is 7.71. The van der Waals surface area contributed by atoms with Gasteiger partial charge >= 0.3 is 0 Å². The van der Waals surface area contributed by atoms with Gasteiger partial charge in [-0.05, 0) is 55.4 Å². The molecule has 3 amide bonds. The number of hydrogen-bond acceptors (Lipinski definition) is 4. The molecule has 2 aromatic carbocycles. The second-order valence-electron chi connectivity index (χ2n) is 6.53. The van der Waals surface area contributed by atoms with Crippen LogP contribution in [0.15, 0.2) is 48.5 Å². The molecule has 3 N–H and O–H groups in total. The maximum Gasteiger partial charge on any atom is 0.238 e. The van der Waals surface area contributed by atoms with Gasteiger partial charge in [0.25, 0.3) is 0 Å². The predicted molar refractivity (Wildman–Crippen MR) is 111 cm³/mol. The molecule has 148 valence electrons. The largest absolute Gasteiger partial charge is 0.326 e. The zero-order chi connectivity index (χ0) is 20.5. The first kappa shape index (κ1) is 21.1. The Bertz CT molecular complexity index is 834. The highest BCUT2D eigenvalue weighted by Crippen LogP contribution is 2.13. The smallest absolute Gasteiger partial charge is 0.238 e. The van der Waals surface area contributed by atoms with Crippen molar-refractivity contribution in [2.75, 3.05) is 35.6 Å². The topological polar surface area (TPSA) is 90.5 Å². The summed E-state index contributed by atoms with van der Waals surface area (Å²) >= 11 is 0. The van der Waals surface area contributed by atoms with Crippen molar-refractivity contribution in [1.82, 2.24) is 4.90 Å². The Labute approximate surface area is 165 Å². The molecular weight excluding hydrogens is 356 g/mol. The molecule has 0 unspecified atom stereocenters. The minimum absolute atomic E-state index is 0.102. The molecule has 0 aromatic heterocycles. The van der Waals surface area contributed by atoms with Crippen LogP contribution in [0, 0.1) is 6.92 Å². The van der Waals surface area contributed by atoms with E-state index in [1.165, 1.54) is 6.92 Å². The van der Waals surface area contributed by atoms with Crippen LogP contribution in [0.1, 0.15) is 19.4 Å². The van der Waals surface area contributed by atoms with Gasteiger partial charge in [-0.1, -0.05) is 19.1 Å². The lowest BCUT2D eigenvalue weighted by molar-refractivity contribution is -0.120. The number of benzene rings is 2. The zero-order valence-corrected chi connectivity index (χ0v) is 16.4. The molecule has 0 aliphatic rings. The molecule has 0 heterocycles. The van der Waals surface area contributed by atoms with Gasteiger partial charge in [-0.2, -0.15) is 0 Å². The Hall–Kier alpha value is -3.19. The van der Waals surface area contributed by atoms with Crippen LogP contribution in [0.5, 0.6) is 0 Å². The molecular formula is C21H26N4O3. The number of likely N-dealkylation sites (N-methyl/N-ethyl adjacent to an activating group) is 1. The summed E-state index contributed by atoms with van der Waals surface area (Å²) in [6, 6.07) is 14.4. The van der Waals surface area contributed by atoms with E-state index in [1.807, 2.05) is 38.1 Å². The number of carbonyl (C=O) groups excluding carboxylic acids is 3. The average Bonchev–Trinajstić information content (AvgIpc) is 2.62. The second-order valence-corrected chi connectivity index (χ2v) is 6.53. The molecule has 7 nitrogen and oxygen atoms in total. The molecule has 0 saturated carbocycles. The van der Waals surface area contributed by atoms with Crippen molar-refractivity contribution in [3.8, 4) is 0 Å². The normalized spacial score (nSPS) is 10.4. The van der Waals surface area contributed by atoms with Crippen LogP contribution < -0.4 is 16.0 Å². The second kappa shape index (κ2) is 10.2. The molecule has 0 saturated heterocycles. The van der Waals surface area contributed by atoms with Crippen molar-refractivity contribution < 1.29 is 14.4 Å². The zero-order valence-electron chi connectivity index (χ0n) is 16.4. The molecule has 0 aliphatic carbocycles. The van der Waals surface area contributed by atoms with E-state index >= 15 is 0 Å². The summed E-state index contributed by atoms with van der Waals surface area (Å²) in [4.78, 5) is 37.3. The lowest BCUT2D eigenvalue weighted by Gasteiger charge is -2.19. The summed E-state index contributed by atoms with van der Waals surface area (Å²) < 4.78 is 0. The minimum atomic E-state index is -0.211. The van der Waals surface area contributed by atoms with Crippen LogP contribution in [-0.4, -0.2) is 42.3 Å². The fourth-order valence-corrected chi connectivity index (χ4v) is 2.65. The molecule has 0 spiro atoms. The maximum absolute atomic E-state index is 12.3. The number of carbonyl (C=O) groups is 3. The minimum Gasteiger partial charge on any atom is -0.326 e. The summed E-state index contributed by atoms with van der Waals surface area (Å²) in [6.07, 6.45) is 0. The van der Waals surface area contributed by atoms with E-state index in [9.17, 15) is 14.4 Å². The molecule has 7 heteroatoms.